The standard InChI is InChI=1S/C13H19NO2.C7H16O/c1-10-6-5-7-11(8-10)9-14-12(15)16-13(2,3)4;1-6(2)7(3,4)8-5/h5-8H,9H2,1-4H3,(H,14,15);6H,1-5H3. The van der Waals surface area contributed by atoms with Crippen molar-refractivity contribution in [2.45, 2.75) is 73.1 Å². The fourth-order valence-electron chi connectivity index (χ4n) is 1.55. The average Bonchev–Trinajstić information content (AvgIpc) is 2.44. The summed E-state index contributed by atoms with van der Waals surface area (Å²) >= 11 is 0. The summed E-state index contributed by atoms with van der Waals surface area (Å²) in [6.45, 7) is 16.6. The minimum atomic E-state index is -0.448. The summed E-state index contributed by atoms with van der Waals surface area (Å²) in [5.41, 5.74) is 1.85. The number of methoxy groups -OCH3 is 1. The molecule has 1 aromatic carbocycles. The molecular weight excluding hydrogens is 302 g/mol. The average molecular weight is 338 g/mol. The lowest BCUT2D eigenvalue weighted by atomic mass is 9.95. The van der Waals surface area contributed by atoms with Gasteiger partial charge in [-0.1, -0.05) is 43.7 Å². The van der Waals surface area contributed by atoms with Crippen LogP contribution >= 0.6 is 0 Å². The first-order chi connectivity index (χ1) is 10.9. The summed E-state index contributed by atoms with van der Waals surface area (Å²) < 4.78 is 10.3. The Hall–Kier alpha value is -1.55. The first kappa shape index (κ1) is 22.4. The Balaban J connectivity index is 0.000000561. The molecule has 138 valence electrons. The molecular formula is C20H35NO3. The quantitative estimate of drug-likeness (QED) is 0.832. The van der Waals surface area contributed by atoms with Crippen molar-refractivity contribution in [1.82, 2.24) is 5.32 Å². The van der Waals surface area contributed by atoms with Gasteiger partial charge in [-0.05, 0) is 53.0 Å². The molecule has 0 radical (unpaired) electrons. The predicted molar refractivity (Wildman–Crippen MR) is 100 cm³/mol. The molecule has 0 aliphatic carbocycles. The van der Waals surface area contributed by atoms with Gasteiger partial charge in [-0.2, -0.15) is 0 Å². The van der Waals surface area contributed by atoms with Crippen LogP contribution in [-0.4, -0.2) is 24.4 Å². The van der Waals surface area contributed by atoms with Crippen molar-refractivity contribution in [2.24, 2.45) is 5.92 Å². The summed E-state index contributed by atoms with van der Waals surface area (Å²) in [5, 5.41) is 2.72. The van der Waals surface area contributed by atoms with E-state index in [-0.39, 0.29) is 11.7 Å². The number of rotatable bonds is 4. The minimum absolute atomic E-state index is 0.0417. The van der Waals surface area contributed by atoms with E-state index in [1.807, 2.05) is 52.0 Å². The van der Waals surface area contributed by atoms with E-state index < -0.39 is 5.60 Å². The molecule has 0 unspecified atom stereocenters. The lowest BCUT2D eigenvalue weighted by molar-refractivity contribution is -0.0157. The lowest BCUT2D eigenvalue weighted by Crippen LogP contribution is -2.32. The van der Waals surface area contributed by atoms with Crippen molar-refractivity contribution in [2.75, 3.05) is 7.11 Å². The van der Waals surface area contributed by atoms with Gasteiger partial charge >= 0.3 is 6.09 Å². The Morgan fingerprint density at radius 1 is 1.17 bits per heavy atom. The molecule has 24 heavy (non-hydrogen) atoms. The SMILES string of the molecule is COC(C)(C)C(C)C.Cc1cccc(CNC(=O)OC(C)(C)C)c1. The molecule has 0 aromatic heterocycles. The maximum absolute atomic E-state index is 11.4. The van der Waals surface area contributed by atoms with Crippen LogP contribution in [-0.2, 0) is 16.0 Å². The Morgan fingerprint density at radius 2 is 1.75 bits per heavy atom. The zero-order chi connectivity index (χ0) is 19.0. The number of hydrogen-bond acceptors (Lipinski definition) is 3. The third kappa shape index (κ3) is 10.3. The number of carbonyl (C=O) groups excluding carboxylic acids is 1. The molecule has 0 saturated heterocycles. The number of ether oxygens (including phenoxy) is 2. The van der Waals surface area contributed by atoms with Gasteiger partial charge in [0.05, 0.1) is 5.60 Å². The van der Waals surface area contributed by atoms with Crippen LogP contribution in [0.15, 0.2) is 24.3 Å². The summed E-state index contributed by atoms with van der Waals surface area (Å²) in [5.74, 6) is 0.590. The molecule has 1 rings (SSSR count). The van der Waals surface area contributed by atoms with Crippen LogP contribution in [0.2, 0.25) is 0 Å². The first-order valence-corrected chi connectivity index (χ1v) is 8.45. The highest BCUT2D eigenvalue weighted by atomic mass is 16.6. The summed E-state index contributed by atoms with van der Waals surface area (Å²) in [7, 11) is 1.75. The second-order valence-electron chi connectivity index (χ2n) is 7.81. The summed E-state index contributed by atoms with van der Waals surface area (Å²) in [6, 6.07) is 8.01. The van der Waals surface area contributed by atoms with Gasteiger partial charge in [0.25, 0.3) is 0 Å². The Labute approximate surface area is 147 Å². The fourth-order valence-corrected chi connectivity index (χ4v) is 1.55. The van der Waals surface area contributed by atoms with Crippen LogP contribution in [0, 0.1) is 12.8 Å². The molecule has 0 bridgehead atoms. The number of alkyl carbamates (subject to hydrolysis) is 1. The molecule has 4 heteroatoms. The number of nitrogens with one attached hydrogen (secondary N) is 1. The van der Waals surface area contributed by atoms with E-state index in [1.54, 1.807) is 7.11 Å². The number of carbonyl (C=O) groups is 1. The molecule has 0 fully saturated rings. The summed E-state index contributed by atoms with van der Waals surface area (Å²) in [4.78, 5) is 11.4. The van der Waals surface area contributed by atoms with E-state index >= 15 is 0 Å². The van der Waals surface area contributed by atoms with Crippen molar-refractivity contribution in [3.05, 3.63) is 35.4 Å². The van der Waals surface area contributed by atoms with Crippen LogP contribution < -0.4 is 5.32 Å². The molecule has 1 aromatic rings. The smallest absolute Gasteiger partial charge is 0.407 e. The monoisotopic (exact) mass is 337 g/mol. The normalized spacial score (nSPS) is 11.6. The topological polar surface area (TPSA) is 47.6 Å². The molecule has 0 saturated carbocycles. The highest BCUT2D eigenvalue weighted by Crippen LogP contribution is 2.18. The van der Waals surface area contributed by atoms with Crippen LogP contribution in [0.5, 0.6) is 0 Å². The maximum atomic E-state index is 11.4. The van der Waals surface area contributed by atoms with Crippen LogP contribution in [0.3, 0.4) is 0 Å². The highest BCUT2D eigenvalue weighted by molar-refractivity contribution is 5.67. The molecule has 1 N–H and O–H groups in total. The molecule has 1 amide bonds. The number of aryl methyl sites for hydroxylation is 1. The third-order valence-electron chi connectivity index (χ3n) is 3.83. The third-order valence-corrected chi connectivity index (χ3v) is 3.83. The predicted octanol–water partition coefficient (Wildman–Crippen LogP) is 5.09. The van der Waals surface area contributed by atoms with Crippen molar-refractivity contribution in [1.29, 1.82) is 0 Å². The second-order valence-corrected chi connectivity index (χ2v) is 7.81. The number of benzene rings is 1. The highest BCUT2D eigenvalue weighted by Gasteiger charge is 2.20. The molecule has 0 aliphatic heterocycles. The van der Waals surface area contributed by atoms with Crippen LogP contribution in [0.1, 0.15) is 59.6 Å². The van der Waals surface area contributed by atoms with Crippen molar-refractivity contribution in [3.63, 3.8) is 0 Å². The lowest BCUT2D eigenvalue weighted by Gasteiger charge is -2.26. The Morgan fingerprint density at radius 3 is 2.12 bits per heavy atom. The van der Waals surface area contributed by atoms with Crippen LogP contribution in [0.25, 0.3) is 0 Å². The summed E-state index contributed by atoms with van der Waals surface area (Å²) in [6.07, 6.45) is -0.381. The molecule has 0 atom stereocenters. The van der Waals surface area contributed by atoms with Crippen molar-refractivity contribution in [3.8, 4) is 0 Å². The van der Waals surface area contributed by atoms with Gasteiger partial charge in [0, 0.05) is 13.7 Å². The van der Waals surface area contributed by atoms with Gasteiger partial charge in [0.2, 0.25) is 0 Å². The maximum Gasteiger partial charge on any atom is 0.407 e. The van der Waals surface area contributed by atoms with E-state index in [4.69, 9.17) is 9.47 Å². The Kier molecular flexibility index (Phi) is 9.05. The number of hydrogen-bond donors (Lipinski definition) is 1. The molecule has 0 spiro atoms. The van der Waals surface area contributed by atoms with Crippen LogP contribution in [0.4, 0.5) is 4.79 Å². The number of amides is 1. The fraction of sp³-hybridized carbons (Fsp3) is 0.650. The zero-order valence-electron chi connectivity index (χ0n) is 16.8. The first-order valence-electron chi connectivity index (χ1n) is 8.45. The molecule has 0 aliphatic rings. The van der Waals surface area contributed by atoms with E-state index in [9.17, 15) is 4.79 Å². The Bertz CT molecular complexity index is 502. The zero-order valence-corrected chi connectivity index (χ0v) is 16.8. The van der Waals surface area contributed by atoms with Crippen molar-refractivity contribution >= 4 is 6.09 Å². The molecule has 0 heterocycles. The van der Waals surface area contributed by atoms with E-state index in [0.717, 1.165) is 5.56 Å². The second kappa shape index (κ2) is 9.67. The van der Waals surface area contributed by atoms with E-state index in [0.29, 0.717) is 12.5 Å². The molecule has 4 nitrogen and oxygen atoms in total. The van der Waals surface area contributed by atoms with Gasteiger partial charge in [-0.15, -0.1) is 0 Å². The van der Waals surface area contributed by atoms with Gasteiger partial charge in [0.1, 0.15) is 5.60 Å². The largest absolute Gasteiger partial charge is 0.444 e. The van der Waals surface area contributed by atoms with Gasteiger partial charge < -0.3 is 14.8 Å². The van der Waals surface area contributed by atoms with Gasteiger partial charge in [0.15, 0.2) is 0 Å². The van der Waals surface area contributed by atoms with E-state index in [2.05, 4.69) is 33.0 Å². The van der Waals surface area contributed by atoms with Crippen molar-refractivity contribution < 1.29 is 14.3 Å². The van der Waals surface area contributed by atoms with Gasteiger partial charge in [-0.25, -0.2) is 4.79 Å². The van der Waals surface area contributed by atoms with E-state index in [1.165, 1.54) is 5.56 Å². The minimum Gasteiger partial charge on any atom is -0.444 e. The van der Waals surface area contributed by atoms with Gasteiger partial charge in [-0.3, -0.25) is 0 Å².